The first-order chi connectivity index (χ1) is 13.1. The van der Waals surface area contributed by atoms with Crippen molar-refractivity contribution in [2.45, 2.75) is 97.0 Å². The molecule has 0 aromatic rings. The number of carbonyl (C=O) groups is 2. The van der Waals surface area contributed by atoms with Gasteiger partial charge in [-0.15, -0.1) is 0 Å². The van der Waals surface area contributed by atoms with Crippen LogP contribution in [0.2, 0.25) is 0 Å². The van der Waals surface area contributed by atoms with Crippen LogP contribution < -0.4 is 0 Å². The van der Waals surface area contributed by atoms with Gasteiger partial charge in [-0.25, -0.2) is 0 Å². The van der Waals surface area contributed by atoms with Gasteiger partial charge in [0.2, 0.25) is 0 Å². The largest absolute Gasteiger partial charge is 0.481 e. The van der Waals surface area contributed by atoms with E-state index in [0.29, 0.717) is 29.1 Å². The van der Waals surface area contributed by atoms with Crippen LogP contribution in [0.4, 0.5) is 0 Å². The highest BCUT2D eigenvalue weighted by molar-refractivity contribution is 5.96. The molecule has 8 atom stereocenters. The third kappa shape index (κ3) is 3.14. The first-order valence-electron chi connectivity index (χ1n) is 11.5. The van der Waals surface area contributed by atoms with Crippen LogP contribution in [0.3, 0.4) is 0 Å². The third-order valence-electron chi connectivity index (χ3n) is 9.86. The van der Waals surface area contributed by atoms with Crippen molar-refractivity contribution in [1.82, 2.24) is 0 Å². The predicted octanol–water partition coefficient (Wildman–Crippen LogP) is 4.83. The number of hydrogen-bond acceptors (Lipinski definition) is 3. The summed E-state index contributed by atoms with van der Waals surface area (Å²) in [7, 11) is 0. The van der Waals surface area contributed by atoms with Gasteiger partial charge in [-0.3, -0.25) is 9.59 Å². The SMILES string of the molecule is C[C@@]1(O)CC[C@H]2[C@H](CCC[C@@H]3[C@@H]4CC[C@H](C(=O)CC(=O)O)[C@@]4(C)CC[C@@]32C)C1. The standard InChI is InChI=1S/C24H38O4/c1-22(28)10-9-16-15(14-22)5-4-6-17-18-7-8-19(20(25)13-21(26)27)24(18,3)12-11-23(16,17)2/h15-19,28H,4-14H2,1-3H3,(H,26,27)/t15-,16+,17-,18+,19-,22-,23-,24+/m1/s1. The van der Waals surface area contributed by atoms with Crippen LogP contribution in [0.25, 0.3) is 0 Å². The molecule has 0 aromatic carbocycles. The third-order valence-corrected chi connectivity index (χ3v) is 9.86. The molecule has 28 heavy (non-hydrogen) atoms. The molecule has 0 bridgehead atoms. The monoisotopic (exact) mass is 390 g/mol. The number of carboxylic acids is 1. The van der Waals surface area contributed by atoms with E-state index >= 15 is 0 Å². The Kier molecular flexibility index (Phi) is 4.96. The molecule has 0 unspecified atom stereocenters. The molecular formula is C24H38O4. The number of aliphatic hydroxyl groups is 1. The second-order valence-corrected chi connectivity index (χ2v) is 11.4. The lowest BCUT2D eigenvalue weighted by Crippen LogP contribution is -2.52. The van der Waals surface area contributed by atoms with Gasteiger partial charge in [0.15, 0.2) is 0 Å². The molecule has 4 aliphatic carbocycles. The van der Waals surface area contributed by atoms with E-state index in [1.165, 1.54) is 19.3 Å². The fourth-order valence-electron chi connectivity index (χ4n) is 8.54. The second kappa shape index (κ2) is 6.82. The number of carboxylic acid groups (broad SMARTS) is 1. The van der Waals surface area contributed by atoms with Crippen molar-refractivity contribution in [2.75, 3.05) is 0 Å². The van der Waals surface area contributed by atoms with Gasteiger partial charge < -0.3 is 10.2 Å². The Labute approximate surface area is 169 Å². The number of aliphatic carboxylic acids is 1. The molecule has 2 N–H and O–H groups in total. The van der Waals surface area contributed by atoms with Gasteiger partial charge in [-0.05, 0) is 92.8 Å². The lowest BCUT2D eigenvalue weighted by atomic mass is 9.47. The smallest absolute Gasteiger partial charge is 0.310 e. The minimum absolute atomic E-state index is 0.0172. The van der Waals surface area contributed by atoms with E-state index in [4.69, 9.17) is 5.11 Å². The number of ketones is 1. The zero-order valence-corrected chi connectivity index (χ0v) is 17.9. The lowest BCUT2D eigenvalue weighted by molar-refractivity contribution is -0.145. The fourth-order valence-corrected chi connectivity index (χ4v) is 8.54. The summed E-state index contributed by atoms with van der Waals surface area (Å²) in [6, 6.07) is 0. The average molecular weight is 391 g/mol. The summed E-state index contributed by atoms with van der Waals surface area (Å²) in [5.41, 5.74) is -0.203. The molecule has 158 valence electrons. The summed E-state index contributed by atoms with van der Waals surface area (Å²) < 4.78 is 0. The second-order valence-electron chi connectivity index (χ2n) is 11.4. The molecule has 0 aromatic heterocycles. The van der Waals surface area contributed by atoms with Crippen LogP contribution in [-0.4, -0.2) is 27.6 Å². The van der Waals surface area contributed by atoms with Crippen molar-refractivity contribution in [3.05, 3.63) is 0 Å². The van der Waals surface area contributed by atoms with Gasteiger partial charge >= 0.3 is 5.97 Å². The topological polar surface area (TPSA) is 74.6 Å². The molecule has 0 saturated heterocycles. The van der Waals surface area contributed by atoms with Crippen LogP contribution >= 0.6 is 0 Å². The minimum Gasteiger partial charge on any atom is -0.481 e. The maximum absolute atomic E-state index is 12.7. The summed E-state index contributed by atoms with van der Waals surface area (Å²) in [6.45, 7) is 6.83. The number of fused-ring (bicyclic) bond motifs is 5. The van der Waals surface area contributed by atoms with Gasteiger partial charge in [-0.1, -0.05) is 26.7 Å². The van der Waals surface area contributed by atoms with Gasteiger partial charge in [0, 0.05) is 5.92 Å². The highest BCUT2D eigenvalue weighted by Crippen LogP contribution is 2.68. The van der Waals surface area contributed by atoms with Crippen molar-refractivity contribution in [1.29, 1.82) is 0 Å². The molecule has 0 heterocycles. The number of Topliss-reactive ketones (excluding diaryl/α,β-unsaturated/α-hetero) is 1. The number of rotatable bonds is 3. The van der Waals surface area contributed by atoms with E-state index in [0.717, 1.165) is 44.9 Å². The molecule has 4 fully saturated rings. The van der Waals surface area contributed by atoms with E-state index in [-0.39, 0.29) is 23.5 Å². The first kappa shape index (κ1) is 20.4. The molecule has 4 saturated carbocycles. The Bertz CT molecular complexity index is 655. The van der Waals surface area contributed by atoms with Gasteiger partial charge in [-0.2, -0.15) is 0 Å². The Hall–Kier alpha value is -0.900. The van der Waals surface area contributed by atoms with Crippen molar-refractivity contribution >= 4 is 11.8 Å². The van der Waals surface area contributed by atoms with Crippen LogP contribution in [0.15, 0.2) is 0 Å². The molecule has 0 spiro atoms. The summed E-state index contributed by atoms with van der Waals surface area (Å²) in [5.74, 6) is 1.43. The highest BCUT2D eigenvalue weighted by atomic mass is 16.4. The molecular weight excluding hydrogens is 352 g/mol. The molecule has 0 amide bonds. The van der Waals surface area contributed by atoms with Gasteiger partial charge in [0.25, 0.3) is 0 Å². The molecule has 0 radical (unpaired) electrons. The molecule has 4 heteroatoms. The van der Waals surface area contributed by atoms with E-state index < -0.39 is 11.6 Å². The van der Waals surface area contributed by atoms with Crippen molar-refractivity contribution in [2.24, 2.45) is 40.4 Å². The van der Waals surface area contributed by atoms with Crippen molar-refractivity contribution < 1.29 is 19.8 Å². The van der Waals surface area contributed by atoms with Gasteiger partial charge in [0.05, 0.1) is 5.60 Å². The maximum Gasteiger partial charge on any atom is 0.310 e. The number of carbonyl (C=O) groups excluding carboxylic acids is 1. The molecule has 4 nitrogen and oxygen atoms in total. The fraction of sp³-hybridized carbons (Fsp3) is 0.917. The van der Waals surface area contributed by atoms with E-state index in [1.807, 2.05) is 6.92 Å². The van der Waals surface area contributed by atoms with E-state index in [2.05, 4.69) is 13.8 Å². The Balaban J connectivity index is 1.60. The summed E-state index contributed by atoms with van der Waals surface area (Å²) in [5, 5.41) is 19.8. The Morgan fingerprint density at radius 1 is 0.857 bits per heavy atom. The van der Waals surface area contributed by atoms with Crippen molar-refractivity contribution in [3.8, 4) is 0 Å². The summed E-state index contributed by atoms with van der Waals surface area (Å²) in [6.07, 6.45) is 10.6. The zero-order valence-electron chi connectivity index (χ0n) is 17.9. The zero-order chi connectivity index (χ0) is 20.3. The van der Waals surface area contributed by atoms with E-state index in [9.17, 15) is 14.7 Å². The van der Waals surface area contributed by atoms with E-state index in [1.54, 1.807) is 0 Å². The first-order valence-corrected chi connectivity index (χ1v) is 11.5. The van der Waals surface area contributed by atoms with Crippen LogP contribution in [-0.2, 0) is 9.59 Å². The predicted molar refractivity (Wildman–Crippen MR) is 108 cm³/mol. The van der Waals surface area contributed by atoms with Crippen LogP contribution in [0, 0.1) is 40.4 Å². The van der Waals surface area contributed by atoms with Crippen LogP contribution in [0.1, 0.15) is 91.4 Å². The van der Waals surface area contributed by atoms with Crippen LogP contribution in [0.5, 0.6) is 0 Å². The van der Waals surface area contributed by atoms with Gasteiger partial charge in [0.1, 0.15) is 12.2 Å². The summed E-state index contributed by atoms with van der Waals surface area (Å²) >= 11 is 0. The van der Waals surface area contributed by atoms with Crippen molar-refractivity contribution in [3.63, 3.8) is 0 Å². The Morgan fingerprint density at radius 2 is 1.54 bits per heavy atom. The molecule has 4 rings (SSSR count). The quantitative estimate of drug-likeness (QED) is 0.677. The minimum atomic E-state index is -0.982. The molecule has 4 aliphatic rings. The summed E-state index contributed by atoms with van der Waals surface area (Å²) in [4.78, 5) is 23.8. The highest BCUT2D eigenvalue weighted by Gasteiger charge is 2.61. The molecule has 0 aliphatic heterocycles. The number of hydrogen-bond donors (Lipinski definition) is 2. The maximum atomic E-state index is 12.7. The Morgan fingerprint density at radius 3 is 2.25 bits per heavy atom. The average Bonchev–Trinajstić information content (AvgIpc) is 2.86. The lowest BCUT2D eigenvalue weighted by Gasteiger charge is -2.58. The normalized spacial score (nSPS) is 50.8.